The number of nitrogens with one attached hydrogen (secondary N) is 1. The van der Waals surface area contributed by atoms with Gasteiger partial charge in [-0.15, -0.1) is 0 Å². The van der Waals surface area contributed by atoms with Gasteiger partial charge in [0.05, 0.1) is 35.8 Å². The summed E-state index contributed by atoms with van der Waals surface area (Å²) < 4.78 is 26.9. The Bertz CT molecular complexity index is 1010. The highest BCUT2D eigenvalue weighted by Gasteiger charge is 2.47. The van der Waals surface area contributed by atoms with Crippen molar-refractivity contribution in [1.82, 2.24) is 15.2 Å². The van der Waals surface area contributed by atoms with Gasteiger partial charge in [-0.25, -0.2) is 8.78 Å². The van der Waals surface area contributed by atoms with E-state index in [1.807, 2.05) is 6.07 Å². The molecule has 7 nitrogen and oxygen atoms in total. The van der Waals surface area contributed by atoms with Crippen LogP contribution in [0.2, 0.25) is 0 Å². The minimum atomic E-state index is -3.12. The van der Waals surface area contributed by atoms with Gasteiger partial charge in [0.1, 0.15) is 12.1 Å². The van der Waals surface area contributed by atoms with Crippen molar-refractivity contribution in [3.63, 3.8) is 0 Å². The number of nitrogens with zero attached hydrogens (tertiary/aromatic N) is 4. The molecule has 0 bridgehead atoms. The third-order valence-electron chi connectivity index (χ3n) is 4.28. The van der Waals surface area contributed by atoms with Crippen LogP contribution in [0.3, 0.4) is 0 Å². The third kappa shape index (κ3) is 3.53. The molecule has 2 aromatic rings. The Morgan fingerprint density at radius 3 is 2.81 bits per heavy atom. The summed E-state index contributed by atoms with van der Waals surface area (Å²) in [5.41, 5.74) is 0.852. The molecule has 1 aliphatic rings. The molecule has 1 fully saturated rings. The van der Waals surface area contributed by atoms with Gasteiger partial charge < -0.3 is 10.2 Å². The Kier molecular flexibility index (Phi) is 4.70. The summed E-state index contributed by atoms with van der Waals surface area (Å²) in [6.45, 7) is -1.36. The van der Waals surface area contributed by atoms with Gasteiger partial charge in [-0.2, -0.15) is 10.5 Å². The lowest BCUT2D eigenvalue weighted by atomic mass is 10.1. The quantitative estimate of drug-likeness (QED) is 0.884. The van der Waals surface area contributed by atoms with Crippen LogP contribution in [0.1, 0.15) is 22.3 Å². The Labute approximate surface area is 152 Å². The number of amides is 2. The summed E-state index contributed by atoms with van der Waals surface area (Å²) >= 11 is 0. The standard InChI is InChI=1S/C18H13F2N5O2/c19-18(20)6-12(8-22)25(10-18)15(26)9-24-17(27)14-4-5-23-16-11(7-21)2-1-3-13(14)16/h1-5,12H,6,9-10H2,(H,24,27)/t12-/m0/s1. The number of carbonyl (C=O) groups excluding carboxylic acids is 2. The SMILES string of the molecule is N#Cc1cccc2c(C(=O)NCC(=O)N3CC(F)(F)C[C@H]3C#N)ccnc12. The molecular formula is C18H13F2N5O2. The number of carbonyl (C=O) groups is 2. The van der Waals surface area contributed by atoms with E-state index in [4.69, 9.17) is 10.5 Å². The van der Waals surface area contributed by atoms with Crippen molar-refractivity contribution < 1.29 is 18.4 Å². The maximum atomic E-state index is 13.4. The lowest BCUT2D eigenvalue weighted by molar-refractivity contribution is -0.131. The fourth-order valence-corrected chi connectivity index (χ4v) is 3.01. The van der Waals surface area contributed by atoms with Crippen molar-refractivity contribution in [3.8, 4) is 12.1 Å². The van der Waals surface area contributed by atoms with Crippen molar-refractivity contribution in [3.05, 3.63) is 41.6 Å². The number of nitriles is 2. The molecule has 2 amide bonds. The molecule has 136 valence electrons. The molecule has 1 atom stereocenters. The lowest BCUT2D eigenvalue weighted by Crippen LogP contribution is -2.43. The van der Waals surface area contributed by atoms with Gasteiger partial charge in [0, 0.05) is 18.0 Å². The van der Waals surface area contributed by atoms with E-state index in [0.29, 0.717) is 16.5 Å². The first-order valence-corrected chi connectivity index (χ1v) is 7.99. The molecule has 0 unspecified atom stereocenters. The van der Waals surface area contributed by atoms with E-state index in [9.17, 15) is 18.4 Å². The largest absolute Gasteiger partial charge is 0.343 e. The zero-order valence-corrected chi connectivity index (χ0v) is 13.9. The van der Waals surface area contributed by atoms with Gasteiger partial charge in [-0.3, -0.25) is 14.6 Å². The summed E-state index contributed by atoms with van der Waals surface area (Å²) in [5.74, 6) is -4.48. The molecule has 1 saturated heterocycles. The van der Waals surface area contributed by atoms with Crippen LogP contribution in [0.5, 0.6) is 0 Å². The number of para-hydroxylation sites is 1. The van der Waals surface area contributed by atoms with E-state index in [0.717, 1.165) is 4.90 Å². The fourth-order valence-electron chi connectivity index (χ4n) is 3.01. The first-order valence-electron chi connectivity index (χ1n) is 7.99. The number of hydrogen-bond acceptors (Lipinski definition) is 5. The minimum Gasteiger partial charge on any atom is -0.343 e. The number of aromatic nitrogens is 1. The lowest BCUT2D eigenvalue weighted by Gasteiger charge is -2.19. The minimum absolute atomic E-state index is 0.202. The number of hydrogen-bond donors (Lipinski definition) is 1. The second-order valence-corrected chi connectivity index (χ2v) is 6.08. The molecule has 3 rings (SSSR count). The van der Waals surface area contributed by atoms with Crippen LogP contribution >= 0.6 is 0 Å². The van der Waals surface area contributed by atoms with E-state index in [1.165, 1.54) is 12.3 Å². The highest BCUT2D eigenvalue weighted by atomic mass is 19.3. The van der Waals surface area contributed by atoms with Crippen LogP contribution in [0.15, 0.2) is 30.5 Å². The number of halogens is 2. The van der Waals surface area contributed by atoms with E-state index in [2.05, 4.69) is 10.3 Å². The van der Waals surface area contributed by atoms with Crippen molar-refractivity contribution in [2.45, 2.75) is 18.4 Å². The van der Waals surface area contributed by atoms with E-state index in [-0.39, 0.29) is 5.56 Å². The maximum absolute atomic E-state index is 13.4. The third-order valence-corrected chi connectivity index (χ3v) is 4.28. The Morgan fingerprint density at radius 1 is 1.33 bits per heavy atom. The number of fused-ring (bicyclic) bond motifs is 1. The van der Waals surface area contributed by atoms with Crippen molar-refractivity contribution in [2.24, 2.45) is 0 Å². The monoisotopic (exact) mass is 369 g/mol. The molecule has 1 aromatic carbocycles. The van der Waals surface area contributed by atoms with Gasteiger partial charge in [0.2, 0.25) is 5.91 Å². The summed E-state index contributed by atoms with van der Waals surface area (Å²) in [6, 6.07) is 8.67. The van der Waals surface area contributed by atoms with Crippen LogP contribution < -0.4 is 5.32 Å². The molecule has 1 aliphatic heterocycles. The average Bonchev–Trinajstić information content (AvgIpc) is 2.99. The normalized spacial score (nSPS) is 17.9. The Morgan fingerprint density at radius 2 is 2.11 bits per heavy atom. The maximum Gasteiger partial charge on any atom is 0.268 e. The number of benzene rings is 1. The van der Waals surface area contributed by atoms with Crippen molar-refractivity contribution >= 4 is 22.7 Å². The molecule has 1 aromatic heterocycles. The zero-order valence-electron chi connectivity index (χ0n) is 13.9. The smallest absolute Gasteiger partial charge is 0.268 e. The first kappa shape index (κ1) is 18.2. The Balaban J connectivity index is 1.76. The van der Waals surface area contributed by atoms with Crippen LogP contribution in [0.4, 0.5) is 8.78 Å². The molecule has 27 heavy (non-hydrogen) atoms. The van der Waals surface area contributed by atoms with E-state index < -0.39 is 43.3 Å². The number of rotatable bonds is 3. The molecule has 2 heterocycles. The second kappa shape index (κ2) is 6.96. The summed E-state index contributed by atoms with van der Waals surface area (Å²) in [4.78, 5) is 29.5. The average molecular weight is 369 g/mol. The number of likely N-dealkylation sites (tertiary alicyclic amines) is 1. The first-order chi connectivity index (χ1) is 12.9. The van der Waals surface area contributed by atoms with E-state index >= 15 is 0 Å². The van der Waals surface area contributed by atoms with Crippen molar-refractivity contribution in [2.75, 3.05) is 13.1 Å². The van der Waals surface area contributed by atoms with Gasteiger partial charge in [0.25, 0.3) is 11.8 Å². The fraction of sp³-hybridized carbons (Fsp3) is 0.278. The van der Waals surface area contributed by atoms with Gasteiger partial charge in [-0.1, -0.05) is 12.1 Å². The predicted molar refractivity (Wildman–Crippen MR) is 89.5 cm³/mol. The zero-order chi connectivity index (χ0) is 19.6. The predicted octanol–water partition coefficient (Wildman–Crippen LogP) is 1.60. The molecule has 0 saturated carbocycles. The topological polar surface area (TPSA) is 110 Å². The van der Waals surface area contributed by atoms with Crippen molar-refractivity contribution in [1.29, 1.82) is 10.5 Å². The highest BCUT2D eigenvalue weighted by molar-refractivity contribution is 6.07. The van der Waals surface area contributed by atoms with Gasteiger partial charge in [-0.05, 0) is 12.1 Å². The van der Waals surface area contributed by atoms with E-state index in [1.54, 1.807) is 24.3 Å². The highest BCUT2D eigenvalue weighted by Crippen LogP contribution is 2.31. The molecular weight excluding hydrogens is 356 g/mol. The number of pyridine rings is 1. The molecule has 9 heteroatoms. The second-order valence-electron chi connectivity index (χ2n) is 6.08. The summed E-state index contributed by atoms with van der Waals surface area (Å²) in [5, 5.41) is 20.9. The number of alkyl halides is 2. The van der Waals surface area contributed by atoms with Gasteiger partial charge >= 0.3 is 0 Å². The Hall–Kier alpha value is -3.59. The summed E-state index contributed by atoms with van der Waals surface area (Å²) in [7, 11) is 0. The van der Waals surface area contributed by atoms with Crippen LogP contribution in [-0.2, 0) is 4.79 Å². The molecule has 0 radical (unpaired) electrons. The molecule has 0 spiro atoms. The summed E-state index contributed by atoms with van der Waals surface area (Å²) in [6.07, 6.45) is 0.655. The van der Waals surface area contributed by atoms with Gasteiger partial charge in [0.15, 0.2) is 0 Å². The van der Waals surface area contributed by atoms with Crippen LogP contribution in [0.25, 0.3) is 10.9 Å². The van der Waals surface area contributed by atoms with Crippen LogP contribution in [0, 0.1) is 22.7 Å². The molecule has 1 N–H and O–H groups in total. The molecule has 0 aliphatic carbocycles. The van der Waals surface area contributed by atoms with Crippen LogP contribution in [-0.4, -0.2) is 46.8 Å².